The number of aryl methyl sites for hydroxylation is 1. The van der Waals surface area contributed by atoms with Gasteiger partial charge in [-0.2, -0.15) is 0 Å². The average molecular weight is 257 g/mol. The number of benzene rings is 1. The summed E-state index contributed by atoms with van der Waals surface area (Å²) in [5.74, 6) is 1.39. The Morgan fingerprint density at radius 1 is 1.26 bits per heavy atom. The van der Waals surface area contributed by atoms with Crippen LogP contribution in [-0.2, 0) is 0 Å². The van der Waals surface area contributed by atoms with Crippen molar-refractivity contribution in [3.8, 4) is 0 Å². The molecule has 3 aromatic rings. The van der Waals surface area contributed by atoms with Crippen molar-refractivity contribution >= 4 is 27.9 Å². The minimum atomic E-state index is 0.153. The van der Waals surface area contributed by atoms with E-state index < -0.39 is 0 Å². The van der Waals surface area contributed by atoms with Crippen LogP contribution in [0.2, 0.25) is 0 Å². The van der Waals surface area contributed by atoms with Crippen molar-refractivity contribution < 1.29 is 9.52 Å². The number of furan rings is 1. The van der Waals surface area contributed by atoms with E-state index in [0.717, 1.165) is 16.5 Å². The highest BCUT2D eigenvalue weighted by molar-refractivity contribution is 6.05. The second-order valence-electron chi connectivity index (χ2n) is 4.40. The largest absolute Gasteiger partial charge is 0.450 e. The lowest BCUT2D eigenvalue weighted by molar-refractivity contribution is 0.292. The van der Waals surface area contributed by atoms with Gasteiger partial charge in [-0.05, 0) is 25.5 Å². The number of aliphatic hydroxyl groups is 1. The van der Waals surface area contributed by atoms with Gasteiger partial charge in [0.05, 0.1) is 0 Å². The van der Waals surface area contributed by atoms with E-state index in [2.05, 4.69) is 15.3 Å². The molecule has 0 radical (unpaired) electrons. The molecule has 2 heterocycles. The number of nitrogens with one attached hydrogen (secondary N) is 1. The molecular formula is C14H15N3O2. The van der Waals surface area contributed by atoms with Crippen molar-refractivity contribution in [2.45, 2.75) is 13.3 Å². The highest BCUT2D eigenvalue weighted by Crippen LogP contribution is 2.30. The molecule has 0 saturated carbocycles. The normalized spacial score (nSPS) is 11.3. The lowest BCUT2D eigenvalue weighted by Crippen LogP contribution is -2.06. The molecule has 2 N–H and O–H groups in total. The molecule has 1 aromatic carbocycles. The van der Waals surface area contributed by atoms with E-state index in [4.69, 9.17) is 9.52 Å². The Bertz CT molecular complexity index is 721. The summed E-state index contributed by atoms with van der Waals surface area (Å²) in [5, 5.41) is 13.0. The van der Waals surface area contributed by atoms with E-state index in [1.807, 2.05) is 31.2 Å². The number of hydrogen-bond donors (Lipinski definition) is 2. The minimum absolute atomic E-state index is 0.153. The third-order valence-electron chi connectivity index (χ3n) is 2.96. The molecule has 0 aliphatic heterocycles. The van der Waals surface area contributed by atoms with Gasteiger partial charge in [-0.25, -0.2) is 9.97 Å². The number of nitrogens with zero attached hydrogens (tertiary/aromatic N) is 2. The van der Waals surface area contributed by atoms with Gasteiger partial charge in [0.25, 0.3) is 0 Å². The molecular weight excluding hydrogens is 242 g/mol. The summed E-state index contributed by atoms with van der Waals surface area (Å²) >= 11 is 0. The van der Waals surface area contributed by atoms with Gasteiger partial charge in [-0.15, -0.1) is 0 Å². The van der Waals surface area contributed by atoms with Gasteiger partial charge in [0, 0.05) is 18.5 Å². The van der Waals surface area contributed by atoms with E-state index in [1.54, 1.807) is 0 Å². The maximum absolute atomic E-state index is 8.83. The maximum atomic E-state index is 8.83. The van der Waals surface area contributed by atoms with Gasteiger partial charge in [-0.3, -0.25) is 0 Å². The second-order valence-corrected chi connectivity index (χ2v) is 4.40. The predicted molar refractivity (Wildman–Crippen MR) is 74.2 cm³/mol. The maximum Gasteiger partial charge on any atom is 0.196 e. The van der Waals surface area contributed by atoms with Gasteiger partial charge < -0.3 is 14.8 Å². The molecule has 0 aliphatic carbocycles. The van der Waals surface area contributed by atoms with Gasteiger partial charge >= 0.3 is 0 Å². The topological polar surface area (TPSA) is 71.2 Å². The smallest absolute Gasteiger partial charge is 0.196 e. The Hall–Kier alpha value is -2.14. The van der Waals surface area contributed by atoms with Crippen LogP contribution in [0.15, 0.2) is 28.7 Å². The summed E-state index contributed by atoms with van der Waals surface area (Å²) in [4.78, 5) is 8.83. The lowest BCUT2D eigenvalue weighted by atomic mass is 10.2. The molecule has 0 aliphatic rings. The number of aromatic nitrogens is 2. The van der Waals surface area contributed by atoms with Crippen molar-refractivity contribution in [2.24, 2.45) is 0 Å². The molecule has 0 atom stereocenters. The summed E-state index contributed by atoms with van der Waals surface area (Å²) < 4.78 is 5.82. The number of fused-ring (bicyclic) bond motifs is 3. The van der Waals surface area contributed by atoms with Crippen molar-refractivity contribution in [1.82, 2.24) is 9.97 Å². The zero-order valence-corrected chi connectivity index (χ0v) is 10.7. The zero-order chi connectivity index (χ0) is 13.2. The van der Waals surface area contributed by atoms with Crippen LogP contribution < -0.4 is 5.32 Å². The second kappa shape index (κ2) is 4.85. The van der Waals surface area contributed by atoms with Crippen LogP contribution in [0.4, 0.5) is 5.82 Å². The summed E-state index contributed by atoms with van der Waals surface area (Å²) in [6.45, 7) is 2.66. The summed E-state index contributed by atoms with van der Waals surface area (Å²) in [7, 11) is 0. The average Bonchev–Trinajstić information content (AvgIpc) is 2.78. The molecule has 19 heavy (non-hydrogen) atoms. The standard InChI is InChI=1S/C14H15N3O2/c1-9-16-12-10-5-2-3-6-11(10)19-13(12)14(17-9)15-7-4-8-18/h2-3,5-6,18H,4,7-8H2,1H3,(H,15,16,17). The fourth-order valence-electron chi connectivity index (χ4n) is 2.11. The molecule has 5 nitrogen and oxygen atoms in total. The molecule has 2 aromatic heterocycles. The molecule has 0 saturated heterocycles. The fourth-order valence-corrected chi connectivity index (χ4v) is 2.11. The van der Waals surface area contributed by atoms with Crippen molar-refractivity contribution in [2.75, 3.05) is 18.5 Å². The first-order valence-electron chi connectivity index (χ1n) is 6.30. The Morgan fingerprint density at radius 2 is 2.11 bits per heavy atom. The van der Waals surface area contributed by atoms with E-state index >= 15 is 0 Å². The van der Waals surface area contributed by atoms with Gasteiger partial charge in [-0.1, -0.05) is 12.1 Å². The molecule has 5 heteroatoms. The van der Waals surface area contributed by atoms with Crippen LogP contribution >= 0.6 is 0 Å². The monoisotopic (exact) mass is 257 g/mol. The van der Waals surface area contributed by atoms with E-state index in [9.17, 15) is 0 Å². The van der Waals surface area contributed by atoms with Crippen molar-refractivity contribution in [1.29, 1.82) is 0 Å². The molecule has 98 valence electrons. The number of rotatable bonds is 4. The SMILES string of the molecule is Cc1nc(NCCCO)c2oc3ccccc3c2n1. The first kappa shape index (κ1) is 11.9. The first-order chi connectivity index (χ1) is 9.29. The zero-order valence-electron chi connectivity index (χ0n) is 10.7. The highest BCUT2D eigenvalue weighted by atomic mass is 16.3. The molecule has 0 amide bonds. The quantitative estimate of drug-likeness (QED) is 0.702. The predicted octanol–water partition coefficient (Wildman–Crippen LogP) is 2.48. The van der Waals surface area contributed by atoms with Crippen molar-refractivity contribution in [3.63, 3.8) is 0 Å². The molecule has 0 fully saturated rings. The molecule has 0 spiro atoms. The number of hydrogen-bond acceptors (Lipinski definition) is 5. The Balaban J connectivity index is 2.15. The Morgan fingerprint density at radius 3 is 2.95 bits per heavy atom. The Labute approximate surface area is 110 Å². The van der Waals surface area contributed by atoms with Crippen LogP contribution in [0.3, 0.4) is 0 Å². The van der Waals surface area contributed by atoms with Crippen LogP contribution in [0, 0.1) is 6.92 Å². The van der Waals surface area contributed by atoms with E-state index in [1.165, 1.54) is 0 Å². The summed E-state index contributed by atoms with van der Waals surface area (Å²) in [5.41, 5.74) is 2.31. The summed E-state index contributed by atoms with van der Waals surface area (Å²) in [6.07, 6.45) is 0.671. The minimum Gasteiger partial charge on any atom is -0.450 e. The third-order valence-corrected chi connectivity index (χ3v) is 2.96. The lowest BCUT2D eigenvalue weighted by Gasteiger charge is -2.05. The van der Waals surface area contributed by atoms with Crippen LogP contribution in [-0.4, -0.2) is 28.2 Å². The number of para-hydroxylation sites is 1. The number of anilines is 1. The van der Waals surface area contributed by atoms with Crippen molar-refractivity contribution in [3.05, 3.63) is 30.1 Å². The fraction of sp³-hybridized carbons (Fsp3) is 0.286. The molecule has 3 rings (SSSR count). The van der Waals surface area contributed by atoms with Gasteiger partial charge in [0.15, 0.2) is 11.4 Å². The van der Waals surface area contributed by atoms with E-state index in [-0.39, 0.29) is 6.61 Å². The van der Waals surface area contributed by atoms with Gasteiger partial charge in [0.1, 0.15) is 16.9 Å². The molecule has 0 unspecified atom stereocenters. The third kappa shape index (κ3) is 2.13. The Kier molecular flexibility index (Phi) is 3.05. The van der Waals surface area contributed by atoms with Gasteiger partial charge in [0.2, 0.25) is 0 Å². The van der Waals surface area contributed by atoms with Crippen LogP contribution in [0.1, 0.15) is 12.2 Å². The highest BCUT2D eigenvalue weighted by Gasteiger charge is 2.13. The summed E-state index contributed by atoms with van der Waals surface area (Å²) in [6, 6.07) is 7.81. The first-order valence-corrected chi connectivity index (χ1v) is 6.30. The molecule has 0 bridgehead atoms. The van der Waals surface area contributed by atoms with Crippen LogP contribution in [0.5, 0.6) is 0 Å². The van der Waals surface area contributed by atoms with Crippen LogP contribution in [0.25, 0.3) is 22.1 Å². The van der Waals surface area contributed by atoms with E-state index in [0.29, 0.717) is 30.2 Å². The number of aliphatic hydroxyl groups excluding tert-OH is 1.